The van der Waals surface area contributed by atoms with Crippen LogP contribution in [0, 0.1) is 0 Å². The standard InChI is InChI=1S/C17H23N3O/c1-3-18-11-14-10-13-6-4-5-7-15(13)19-16(14)20-9-8-17(2,21)12-20/h4-7,10,18,21H,3,8-9,11-12H2,1-2H3. The normalized spacial score (nSPS) is 22.1. The second-order valence-corrected chi connectivity index (χ2v) is 6.11. The molecule has 0 amide bonds. The molecule has 1 aromatic heterocycles. The molecule has 1 saturated heterocycles. The van der Waals surface area contributed by atoms with Crippen molar-refractivity contribution >= 4 is 16.7 Å². The predicted octanol–water partition coefficient (Wildman–Crippen LogP) is 2.31. The zero-order chi connectivity index (χ0) is 14.9. The Balaban J connectivity index is 2.01. The second kappa shape index (κ2) is 5.62. The number of fused-ring (bicyclic) bond motifs is 1. The molecule has 0 spiro atoms. The first-order chi connectivity index (χ1) is 10.1. The third-order valence-electron chi connectivity index (χ3n) is 4.10. The largest absolute Gasteiger partial charge is 0.388 e. The van der Waals surface area contributed by atoms with Crippen LogP contribution in [0.15, 0.2) is 30.3 Å². The highest BCUT2D eigenvalue weighted by atomic mass is 16.3. The molecular formula is C17H23N3O. The van der Waals surface area contributed by atoms with Gasteiger partial charge in [0.05, 0.1) is 11.1 Å². The summed E-state index contributed by atoms with van der Waals surface area (Å²) in [5, 5.41) is 14.8. The smallest absolute Gasteiger partial charge is 0.133 e. The Hall–Kier alpha value is -1.65. The van der Waals surface area contributed by atoms with Crippen molar-refractivity contribution in [2.75, 3.05) is 24.5 Å². The quantitative estimate of drug-likeness (QED) is 0.905. The van der Waals surface area contributed by atoms with Crippen molar-refractivity contribution in [3.8, 4) is 0 Å². The first-order valence-electron chi connectivity index (χ1n) is 7.66. The molecule has 1 atom stereocenters. The van der Waals surface area contributed by atoms with Gasteiger partial charge in [0.15, 0.2) is 0 Å². The summed E-state index contributed by atoms with van der Waals surface area (Å²) >= 11 is 0. The van der Waals surface area contributed by atoms with E-state index in [1.165, 1.54) is 10.9 Å². The van der Waals surface area contributed by atoms with Crippen LogP contribution in [0.3, 0.4) is 0 Å². The molecule has 2 heterocycles. The molecule has 2 N–H and O–H groups in total. The molecule has 21 heavy (non-hydrogen) atoms. The van der Waals surface area contributed by atoms with E-state index in [9.17, 15) is 5.11 Å². The Kier molecular flexibility index (Phi) is 3.83. The lowest BCUT2D eigenvalue weighted by atomic mass is 10.1. The van der Waals surface area contributed by atoms with E-state index in [1.54, 1.807) is 0 Å². The number of β-amino-alcohol motifs (C(OH)–C–C–N with tert-alkyl or cyclic N) is 1. The molecule has 4 heteroatoms. The first-order valence-corrected chi connectivity index (χ1v) is 7.66. The van der Waals surface area contributed by atoms with Gasteiger partial charge in [0.2, 0.25) is 0 Å². The third-order valence-corrected chi connectivity index (χ3v) is 4.10. The number of rotatable bonds is 4. The van der Waals surface area contributed by atoms with Crippen molar-refractivity contribution in [1.29, 1.82) is 0 Å². The first kappa shape index (κ1) is 14.3. The number of hydrogen-bond acceptors (Lipinski definition) is 4. The molecule has 1 aliphatic rings. The van der Waals surface area contributed by atoms with E-state index in [2.05, 4.69) is 29.3 Å². The van der Waals surface area contributed by atoms with Crippen LogP contribution in [0.5, 0.6) is 0 Å². The van der Waals surface area contributed by atoms with Gasteiger partial charge in [0.25, 0.3) is 0 Å². The van der Waals surface area contributed by atoms with E-state index in [0.29, 0.717) is 6.54 Å². The summed E-state index contributed by atoms with van der Waals surface area (Å²) in [5.74, 6) is 1.01. The van der Waals surface area contributed by atoms with Gasteiger partial charge < -0.3 is 15.3 Å². The maximum atomic E-state index is 10.2. The van der Waals surface area contributed by atoms with E-state index in [4.69, 9.17) is 4.98 Å². The highest BCUT2D eigenvalue weighted by Crippen LogP contribution is 2.29. The summed E-state index contributed by atoms with van der Waals surface area (Å²) in [6.45, 7) is 7.26. The Morgan fingerprint density at radius 1 is 1.38 bits per heavy atom. The predicted molar refractivity (Wildman–Crippen MR) is 86.6 cm³/mol. The van der Waals surface area contributed by atoms with Crippen LogP contribution in [0.2, 0.25) is 0 Å². The average molecular weight is 285 g/mol. The third kappa shape index (κ3) is 3.01. The maximum Gasteiger partial charge on any atom is 0.133 e. The fourth-order valence-electron chi connectivity index (χ4n) is 2.94. The minimum absolute atomic E-state index is 0.608. The number of nitrogens with one attached hydrogen (secondary N) is 1. The molecule has 1 aromatic carbocycles. The Bertz CT molecular complexity index is 639. The molecule has 3 rings (SSSR count). The van der Waals surface area contributed by atoms with Crippen molar-refractivity contribution < 1.29 is 5.11 Å². The van der Waals surface area contributed by atoms with Gasteiger partial charge in [-0.2, -0.15) is 0 Å². The zero-order valence-electron chi connectivity index (χ0n) is 12.8. The van der Waals surface area contributed by atoms with Crippen LogP contribution in [-0.2, 0) is 6.54 Å². The number of hydrogen-bond donors (Lipinski definition) is 2. The number of anilines is 1. The Morgan fingerprint density at radius 3 is 2.90 bits per heavy atom. The minimum Gasteiger partial charge on any atom is -0.388 e. The van der Waals surface area contributed by atoms with Gasteiger partial charge >= 0.3 is 0 Å². The highest BCUT2D eigenvalue weighted by molar-refractivity contribution is 5.82. The number of aromatic nitrogens is 1. The van der Waals surface area contributed by atoms with Crippen LogP contribution in [0.1, 0.15) is 25.8 Å². The van der Waals surface area contributed by atoms with E-state index in [0.717, 1.165) is 37.4 Å². The zero-order valence-corrected chi connectivity index (χ0v) is 12.8. The number of aliphatic hydroxyl groups is 1. The number of benzene rings is 1. The van der Waals surface area contributed by atoms with Crippen molar-refractivity contribution in [3.63, 3.8) is 0 Å². The van der Waals surface area contributed by atoms with Crippen molar-refractivity contribution in [1.82, 2.24) is 10.3 Å². The Labute approximate surface area is 125 Å². The molecule has 0 bridgehead atoms. The fraction of sp³-hybridized carbons (Fsp3) is 0.471. The second-order valence-electron chi connectivity index (χ2n) is 6.11. The molecule has 0 saturated carbocycles. The van der Waals surface area contributed by atoms with Gasteiger partial charge in [0.1, 0.15) is 5.82 Å². The van der Waals surface area contributed by atoms with Gasteiger partial charge in [-0.3, -0.25) is 0 Å². The van der Waals surface area contributed by atoms with E-state index < -0.39 is 5.60 Å². The van der Waals surface area contributed by atoms with Gasteiger partial charge in [0, 0.05) is 30.6 Å². The number of pyridine rings is 1. The van der Waals surface area contributed by atoms with E-state index in [1.807, 2.05) is 25.1 Å². The monoisotopic (exact) mass is 285 g/mol. The molecule has 4 nitrogen and oxygen atoms in total. The summed E-state index contributed by atoms with van der Waals surface area (Å²) in [6, 6.07) is 10.4. The fourth-order valence-corrected chi connectivity index (χ4v) is 2.94. The molecule has 0 radical (unpaired) electrons. The van der Waals surface area contributed by atoms with E-state index in [-0.39, 0.29) is 0 Å². The van der Waals surface area contributed by atoms with Gasteiger partial charge in [-0.1, -0.05) is 25.1 Å². The van der Waals surface area contributed by atoms with Crippen LogP contribution >= 0.6 is 0 Å². The summed E-state index contributed by atoms with van der Waals surface area (Å²) in [7, 11) is 0. The van der Waals surface area contributed by atoms with Gasteiger partial charge in [-0.25, -0.2) is 4.98 Å². The van der Waals surface area contributed by atoms with E-state index >= 15 is 0 Å². The highest BCUT2D eigenvalue weighted by Gasteiger charge is 2.33. The summed E-state index contributed by atoms with van der Waals surface area (Å²) in [6.07, 6.45) is 0.794. The molecule has 112 valence electrons. The van der Waals surface area contributed by atoms with Crippen LogP contribution in [0.4, 0.5) is 5.82 Å². The SMILES string of the molecule is CCNCc1cc2ccccc2nc1N1CCC(C)(O)C1. The lowest BCUT2D eigenvalue weighted by Gasteiger charge is -2.23. The Morgan fingerprint density at radius 2 is 2.19 bits per heavy atom. The van der Waals surface area contributed by atoms with Crippen molar-refractivity contribution in [3.05, 3.63) is 35.9 Å². The van der Waals surface area contributed by atoms with Crippen LogP contribution in [-0.4, -0.2) is 35.3 Å². The number of para-hydroxylation sites is 1. The van der Waals surface area contributed by atoms with Crippen molar-refractivity contribution in [2.24, 2.45) is 0 Å². The number of nitrogens with zero attached hydrogens (tertiary/aromatic N) is 2. The van der Waals surface area contributed by atoms with Gasteiger partial charge in [-0.05, 0) is 32.0 Å². The lowest BCUT2D eigenvalue weighted by molar-refractivity contribution is 0.0839. The van der Waals surface area contributed by atoms with Crippen molar-refractivity contribution in [2.45, 2.75) is 32.4 Å². The minimum atomic E-state index is -0.608. The lowest BCUT2D eigenvalue weighted by Crippen LogP contribution is -2.31. The molecule has 1 fully saturated rings. The molecular weight excluding hydrogens is 262 g/mol. The molecule has 0 aliphatic carbocycles. The molecule has 1 aliphatic heterocycles. The molecule has 1 unspecified atom stereocenters. The molecule has 2 aromatic rings. The summed E-state index contributed by atoms with van der Waals surface area (Å²) in [4.78, 5) is 7.06. The summed E-state index contributed by atoms with van der Waals surface area (Å²) < 4.78 is 0. The maximum absolute atomic E-state index is 10.2. The average Bonchev–Trinajstić information content (AvgIpc) is 2.84. The van der Waals surface area contributed by atoms with Crippen LogP contribution in [0.25, 0.3) is 10.9 Å². The topological polar surface area (TPSA) is 48.4 Å². The van der Waals surface area contributed by atoms with Gasteiger partial charge in [-0.15, -0.1) is 0 Å². The summed E-state index contributed by atoms with van der Waals surface area (Å²) in [5.41, 5.74) is 1.61. The van der Waals surface area contributed by atoms with Crippen LogP contribution < -0.4 is 10.2 Å².